The fourth-order valence-electron chi connectivity index (χ4n) is 2.85. The van der Waals surface area contributed by atoms with E-state index in [9.17, 15) is 9.18 Å². The summed E-state index contributed by atoms with van der Waals surface area (Å²) in [5.74, 6) is -0.716. The Morgan fingerprint density at radius 3 is 2.76 bits per heavy atom. The summed E-state index contributed by atoms with van der Waals surface area (Å²) in [6, 6.07) is 13.8. The average Bonchev–Trinajstić information content (AvgIpc) is 3.34. The van der Waals surface area contributed by atoms with Gasteiger partial charge in [-0.15, -0.1) is 0 Å². The monoisotopic (exact) mass is 409 g/mol. The van der Waals surface area contributed by atoms with Crippen molar-refractivity contribution < 1.29 is 9.18 Å². The van der Waals surface area contributed by atoms with Gasteiger partial charge >= 0.3 is 0 Å². The Morgan fingerprint density at radius 1 is 1.21 bits per heavy atom. The maximum Gasteiger partial charge on any atom is 0.273 e. The van der Waals surface area contributed by atoms with Crippen LogP contribution in [-0.4, -0.2) is 25.9 Å². The summed E-state index contributed by atoms with van der Waals surface area (Å²) in [5.41, 5.74) is 4.37. The summed E-state index contributed by atoms with van der Waals surface area (Å²) in [5, 5.41) is 14.3. The molecule has 146 valence electrons. The van der Waals surface area contributed by atoms with Crippen LogP contribution in [0.1, 0.15) is 21.6 Å². The van der Waals surface area contributed by atoms with E-state index < -0.39 is 5.82 Å². The van der Waals surface area contributed by atoms with Crippen LogP contribution in [0.5, 0.6) is 0 Å². The number of anilines is 1. The van der Waals surface area contributed by atoms with Crippen LogP contribution in [0.25, 0.3) is 11.3 Å². The number of halogens is 2. The van der Waals surface area contributed by atoms with Crippen molar-refractivity contribution in [3.63, 3.8) is 0 Å². The minimum atomic E-state index is -0.392. The van der Waals surface area contributed by atoms with Gasteiger partial charge in [-0.25, -0.2) is 4.39 Å². The number of aromatic nitrogens is 4. The van der Waals surface area contributed by atoms with Crippen molar-refractivity contribution in [3.05, 3.63) is 88.6 Å². The maximum absolute atomic E-state index is 13.2. The molecule has 8 heteroatoms. The normalized spacial score (nSPS) is 10.9. The Kier molecular flexibility index (Phi) is 5.14. The number of rotatable bonds is 5. The first-order chi connectivity index (χ1) is 14.0. The largest absolute Gasteiger partial charge is 0.318 e. The summed E-state index contributed by atoms with van der Waals surface area (Å²) in [6.45, 7) is 2.37. The van der Waals surface area contributed by atoms with Crippen LogP contribution in [-0.2, 0) is 6.54 Å². The Morgan fingerprint density at radius 2 is 2.00 bits per heavy atom. The molecule has 0 saturated heterocycles. The zero-order chi connectivity index (χ0) is 20.4. The molecule has 4 rings (SSSR count). The third kappa shape index (κ3) is 4.35. The fraction of sp³-hybridized carbons (Fsp3) is 0.0952. The van der Waals surface area contributed by atoms with E-state index in [1.54, 1.807) is 23.0 Å². The van der Waals surface area contributed by atoms with Gasteiger partial charge in [0.05, 0.1) is 24.1 Å². The Hall–Kier alpha value is -3.45. The minimum absolute atomic E-state index is 0.324. The van der Waals surface area contributed by atoms with Crippen molar-refractivity contribution in [2.24, 2.45) is 0 Å². The van der Waals surface area contributed by atoms with E-state index in [1.807, 2.05) is 31.2 Å². The molecule has 0 saturated carbocycles. The number of H-pyrrole nitrogens is 1. The fourth-order valence-corrected chi connectivity index (χ4v) is 3.07. The lowest BCUT2D eigenvalue weighted by atomic mass is 10.1. The number of carbonyl (C=O) groups is 1. The van der Waals surface area contributed by atoms with E-state index >= 15 is 0 Å². The van der Waals surface area contributed by atoms with Gasteiger partial charge in [0.15, 0.2) is 0 Å². The highest BCUT2D eigenvalue weighted by atomic mass is 35.5. The summed E-state index contributed by atoms with van der Waals surface area (Å²) < 4.78 is 14.8. The number of nitrogens with zero attached hydrogens (tertiary/aromatic N) is 3. The molecule has 0 unspecified atom stereocenters. The standard InChI is InChI=1S/C21H17ClFN5O/c1-13-2-4-14(5-3-13)19-9-20(27-26-19)21(29)25-17-10-24-28(12-17)11-15-6-7-16(23)8-18(15)22/h2-10,12H,11H2,1H3,(H,25,29)(H,26,27). The third-order valence-electron chi connectivity index (χ3n) is 4.41. The second kappa shape index (κ2) is 7.89. The van der Waals surface area contributed by atoms with Crippen LogP contribution in [0, 0.1) is 12.7 Å². The summed E-state index contributed by atoms with van der Waals surface area (Å²) >= 11 is 6.05. The molecule has 0 radical (unpaired) electrons. The van der Waals surface area contributed by atoms with E-state index in [1.165, 1.54) is 18.3 Å². The van der Waals surface area contributed by atoms with E-state index in [-0.39, 0.29) is 5.91 Å². The molecule has 1 amide bonds. The Balaban J connectivity index is 1.43. The molecule has 2 aromatic heterocycles. The van der Waals surface area contributed by atoms with Gasteiger partial charge in [0, 0.05) is 16.8 Å². The molecule has 0 spiro atoms. The number of nitrogens with one attached hydrogen (secondary N) is 2. The topological polar surface area (TPSA) is 75.6 Å². The molecule has 0 aliphatic heterocycles. The lowest BCUT2D eigenvalue weighted by Crippen LogP contribution is -2.11. The summed E-state index contributed by atoms with van der Waals surface area (Å²) in [7, 11) is 0. The van der Waals surface area contributed by atoms with Crippen LogP contribution in [0.15, 0.2) is 60.9 Å². The first-order valence-electron chi connectivity index (χ1n) is 8.88. The maximum atomic E-state index is 13.2. The number of hydrogen-bond acceptors (Lipinski definition) is 3. The summed E-state index contributed by atoms with van der Waals surface area (Å²) in [4.78, 5) is 12.5. The molecule has 0 aliphatic carbocycles. The molecule has 0 atom stereocenters. The number of carbonyl (C=O) groups excluding carboxylic acids is 1. The first kappa shape index (κ1) is 18.9. The Bertz CT molecular complexity index is 1170. The van der Waals surface area contributed by atoms with Crippen molar-refractivity contribution in [3.8, 4) is 11.3 Å². The predicted octanol–water partition coefficient (Wildman–Crippen LogP) is 4.67. The average molecular weight is 410 g/mol. The molecule has 29 heavy (non-hydrogen) atoms. The van der Waals surface area contributed by atoms with Gasteiger partial charge < -0.3 is 5.32 Å². The quantitative estimate of drug-likeness (QED) is 0.502. The van der Waals surface area contributed by atoms with Crippen LogP contribution in [0.3, 0.4) is 0 Å². The second-order valence-electron chi connectivity index (χ2n) is 6.65. The van der Waals surface area contributed by atoms with Crippen LogP contribution in [0.4, 0.5) is 10.1 Å². The SMILES string of the molecule is Cc1ccc(-c2cc(C(=O)Nc3cnn(Cc4ccc(F)cc4Cl)c3)[nH]n2)cc1. The van der Waals surface area contributed by atoms with Gasteiger partial charge in [-0.1, -0.05) is 47.5 Å². The lowest BCUT2D eigenvalue weighted by Gasteiger charge is -2.04. The summed E-state index contributed by atoms with van der Waals surface area (Å²) in [6.07, 6.45) is 3.21. The van der Waals surface area contributed by atoms with Gasteiger partial charge in [0.25, 0.3) is 5.91 Å². The predicted molar refractivity (Wildman–Crippen MR) is 109 cm³/mol. The number of benzene rings is 2. The van der Waals surface area contributed by atoms with Crippen LogP contribution >= 0.6 is 11.6 Å². The molecule has 0 fully saturated rings. The molecule has 2 heterocycles. The highest BCUT2D eigenvalue weighted by Gasteiger charge is 2.13. The van der Waals surface area contributed by atoms with Crippen LogP contribution in [0.2, 0.25) is 5.02 Å². The van der Waals surface area contributed by atoms with E-state index in [0.717, 1.165) is 16.7 Å². The molecular formula is C21H17ClFN5O. The highest BCUT2D eigenvalue weighted by molar-refractivity contribution is 6.31. The second-order valence-corrected chi connectivity index (χ2v) is 7.06. The lowest BCUT2D eigenvalue weighted by molar-refractivity contribution is 0.102. The molecule has 6 nitrogen and oxygen atoms in total. The molecule has 0 aliphatic rings. The van der Waals surface area contributed by atoms with Gasteiger partial charge in [-0.2, -0.15) is 10.2 Å². The van der Waals surface area contributed by atoms with E-state index in [0.29, 0.717) is 28.6 Å². The zero-order valence-electron chi connectivity index (χ0n) is 15.5. The number of aryl methyl sites for hydroxylation is 1. The van der Waals surface area contributed by atoms with Crippen molar-refractivity contribution >= 4 is 23.2 Å². The van der Waals surface area contributed by atoms with Gasteiger partial charge in [-0.3, -0.25) is 14.6 Å². The molecular weight excluding hydrogens is 393 g/mol. The molecule has 0 bridgehead atoms. The highest BCUT2D eigenvalue weighted by Crippen LogP contribution is 2.20. The van der Waals surface area contributed by atoms with E-state index in [4.69, 9.17) is 11.6 Å². The third-order valence-corrected chi connectivity index (χ3v) is 4.76. The molecule has 4 aromatic rings. The smallest absolute Gasteiger partial charge is 0.273 e. The Labute approximate surface area is 171 Å². The van der Waals surface area contributed by atoms with Crippen molar-refractivity contribution in [1.82, 2.24) is 20.0 Å². The minimum Gasteiger partial charge on any atom is -0.318 e. The van der Waals surface area contributed by atoms with E-state index in [2.05, 4.69) is 20.6 Å². The molecule has 2 N–H and O–H groups in total. The number of aromatic amines is 1. The van der Waals surface area contributed by atoms with Crippen molar-refractivity contribution in [2.45, 2.75) is 13.5 Å². The van der Waals surface area contributed by atoms with Gasteiger partial charge in [0.2, 0.25) is 0 Å². The number of hydrogen-bond donors (Lipinski definition) is 2. The van der Waals surface area contributed by atoms with Gasteiger partial charge in [0.1, 0.15) is 11.5 Å². The zero-order valence-corrected chi connectivity index (χ0v) is 16.2. The van der Waals surface area contributed by atoms with Gasteiger partial charge in [-0.05, 0) is 30.7 Å². The van der Waals surface area contributed by atoms with Crippen molar-refractivity contribution in [2.75, 3.05) is 5.32 Å². The molecule has 2 aromatic carbocycles. The van der Waals surface area contributed by atoms with Crippen molar-refractivity contribution in [1.29, 1.82) is 0 Å². The van der Waals surface area contributed by atoms with Crippen LogP contribution < -0.4 is 5.32 Å². The number of amides is 1. The first-order valence-corrected chi connectivity index (χ1v) is 9.26.